The Morgan fingerprint density at radius 1 is 1.47 bits per heavy atom. The Morgan fingerprint density at radius 3 is 2.95 bits per heavy atom. The van der Waals surface area contributed by atoms with E-state index in [0.29, 0.717) is 13.1 Å². The van der Waals surface area contributed by atoms with Crippen molar-refractivity contribution in [2.45, 2.75) is 6.54 Å². The van der Waals surface area contributed by atoms with Crippen molar-refractivity contribution < 1.29 is 14.7 Å². The zero-order valence-electron chi connectivity index (χ0n) is 9.74. The molecule has 3 N–H and O–H groups in total. The van der Waals surface area contributed by atoms with Gasteiger partial charge < -0.3 is 15.7 Å². The zero-order valence-corrected chi connectivity index (χ0v) is 10.6. The van der Waals surface area contributed by atoms with Crippen LogP contribution in [-0.2, 0) is 6.54 Å². The third kappa shape index (κ3) is 3.78. The fraction of sp³-hybridized carbons (Fsp3) is 0.200. The van der Waals surface area contributed by atoms with E-state index in [1.165, 1.54) is 22.2 Å². The van der Waals surface area contributed by atoms with E-state index in [1.807, 2.05) is 10.8 Å². The van der Waals surface area contributed by atoms with Crippen molar-refractivity contribution in [1.29, 1.82) is 0 Å². The average molecular weight is 281 g/mol. The first-order valence-corrected chi connectivity index (χ1v) is 6.30. The van der Waals surface area contributed by atoms with Gasteiger partial charge in [-0.25, -0.2) is 14.3 Å². The molecule has 0 saturated heterocycles. The molecule has 0 bridgehead atoms. The van der Waals surface area contributed by atoms with Gasteiger partial charge in [-0.3, -0.25) is 0 Å². The molecule has 2 heterocycles. The molecule has 19 heavy (non-hydrogen) atoms. The molecule has 0 spiro atoms. The molecule has 0 unspecified atom stereocenters. The summed E-state index contributed by atoms with van der Waals surface area (Å²) in [5.41, 5.74) is 0.610. The molecule has 100 valence electrons. The number of nitrogens with one attached hydrogen (secondary N) is 2. The first kappa shape index (κ1) is 13.0. The Balaban J connectivity index is 1.73. The van der Waals surface area contributed by atoms with Gasteiger partial charge in [0.05, 0.1) is 18.4 Å². The number of carboxylic acids is 1. The summed E-state index contributed by atoms with van der Waals surface area (Å²) in [6.07, 6.45) is 1.31. The second kappa shape index (κ2) is 5.96. The molecule has 0 aromatic carbocycles. The lowest BCUT2D eigenvalue weighted by atomic mass is 10.5. The van der Waals surface area contributed by atoms with Gasteiger partial charge in [0.2, 0.25) is 0 Å². The van der Waals surface area contributed by atoms with E-state index in [1.54, 1.807) is 6.07 Å². The number of aromatic nitrogens is 3. The van der Waals surface area contributed by atoms with Gasteiger partial charge in [0.15, 0.2) is 5.69 Å². The van der Waals surface area contributed by atoms with Crippen LogP contribution < -0.4 is 10.6 Å². The Morgan fingerprint density at radius 2 is 2.32 bits per heavy atom. The van der Waals surface area contributed by atoms with Gasteiger partial charge >= 0.3 is 12.0 Å². The fourth-order valence-electron chi connectivity index (χ4n) is 1.30. The van der Waals surface area contributed by atoms with Crippen molar-refractivity contribution in [1.82, 2.24) is 20.3 Å². The van der Waals surface area contributed by atoms with Crippen molar-refractivity contribution >= 4 is 29.0 Å². The molecule has 0 aliphatic rings. The van der Waals surface area contributed by atoms with E-state index in [-0.39, 0.29) is 11.7 Å². The molecule has 0 atom stereocenters. The largest absolute Gasteiger partial charge is 0.476 e. The van der Waals surface area contributed by atoms with Gasteiger partial charge in [-0.2, -0.15) is 11.3 Å². The highest BCUT2D eigenvalue weighted by molar-refractivity contribution is 7.08. The second-order valence-electron chi connectivity index (χ2n) is 3.56. The quantitative estimate of drug-likeness (QED) is 0.753. The number of thiophene rings is 1. The molecule has 2 amide bonds. The van der Waals surface area contributed by atoms with Crippen LogP contribution in [0.25, 0.3) is 0 Å². The lowest BCUT2D eigenvalue weighted by Crippen LogP contribution is -2.31. The highest BCUT2D eigenvalue weighted by atomic mass is 32.1. The van der Waals surface area contributed by atoms with E-state index < -0.39 is 5.97 Å². The molecule has 0 aliphatic carbocycles. The number of anilines is 1. The van der Waals surface area contributed by atoms with Gasteiger partial charge in [0.25, 0.3) is 0 Å². The van der Waals surface area contributed by atoms with Crippen LogP contribution in [0, 0.1) is 0 Å². The molecule has 2 rings (SSSR count). The van der Waals surface area contributed by atoms with Crippen molar-refractivity contribution in [3.8, 4) is 0 Å². The van der Waals surface area contributed by atoms with Crippen LogP contribution in [0.2, 0.25) is 0 Å². The molecule has 8 nitrogen and oxygen atoms in total. The number of hydrogen-bond donors (Lipinski definition) is 3. The monoisotopic (exact) mass is 281 g/mol. The maximum absolute atomic E-state index is 11.5. The molecule has 0 aliphatic heterocycles. The van der Waals surface area contributed by atoms with Crippen LogP contribution >= 0.6 is 11.3 Å². The number of amides is 2. The minimum atomic E-state index is -1.13. The summed E-state index contributed by atoms with van der Waals surface area (Å²) in [7, 11) is 0. The normalized spacial score (nSPS) is 10.1. The molecule has 0 fully saturated rings. The third-order valence-electron chi connectivity index (χ3n) is 2.16. The molecule has 0 saturated carbocycles. The van der Waals surface area contributed by atoms with Gasteiger partial charge in [-0.05, 0) is 11.4 Å². The summed E-state index contributed by atoms with van der Waals surface area (Å²) in [5, 5.41) is 24.7. The number of urea groups is 1. The zero-order chi connectivity index (χ0) is 13.7. The van der Waals surface area contributed by atoms with Crippen molar-refractivity contribution in [3.05, 3.63) is 28.7 Å². The number of carbonyl (C=O) groups is 2. The predicted octanol–water partition coefficient (Wildman–Crippen LogP) is 0.859. The van der Waals surface area contributed by atoms with Gasteiger partial charge in [0.1, 0.15) is 0 Å². The average Bonchev–Trinajstić information content (AvgIpc) is 3.00. The summed E-state index contributed by atoms with van der Waals surface area (Å²) in [4.78, 5) is 22.0. The SMILES string of the molecule is O=C(NCCn1cc(C(=O)O)nn1)Nc1ccsc1. The summed E-state index contributed by atoms with van der Waals surface area (Å²) in [6, 6.07) is 1.47. The van der Waals surface area contributed by atoms with Crippen molar-refractivity contribution in [2.75, 3.05) is 11.9 Å². The molecule has 0 radical (unpaired) electrons. The third-order valence-corrected chi connectivity index (χ3v) is 2.85. The van der Waals surface area contributed by atoms with Crippen molar-refractivity contribution in [2.24, 2.45) is 0 Å². The molecule has 2 aromatic heterocycles. The number of nitrogens with zero attached hydrogens (tertiary/aromatic N) is 3. The minimum Gasteiger partial charge on any atom is -0.476 e. The molecular formula is C10H11N5O3S. The highest BCUT2D eigenvalue weighted by Gasteiger charge is 2.08. The minimum absolute atomic E-state index is 0.122. The topological polar surface area (TPSA) is 109 Å². The van der Waals surface area contributed by atoms with Crippen LogP contribution in [-0.4, -0.2) is 38.6 Å². The second-order valence-corrected chi connectivity index (χ2v) is 4.34. The van der Waals surface area contributed by atoms with E-state index in [9.17, 15) is 9.59 Å². The maximum Gasteiger partial charge on any atom is 0.358 e. The van der Waals surface area contributed by atoms with Gasteiger partial charge in [0, 0.05) is 11.9 Å². The first-order valence-electron chi connectivity index (χ1n) is 5.35. The Kier molecular flexibility index (Phi) is 4.08. The number of carboxylic acid groups (broad SMARTS) is 1. The van der Waals surface area contributed by atoms with Crippen LogP contribution in [0.4, 0.5) is 10.5 Å². The number of rotatable bonds is 5. The Labute approximate surface area is 112 Å². The van der Waals surface area contributed by atoms with Crippen LogP contribution in [0.3, 0.4) is 0 Å². The Bertz CT molecular complexity index is 565. The maximum atomic E-state index is 11.5. The summed E-state index contributed by atoms with van der Waals surface area (Å²) >= 11 is 1.49. The smallest absolute Gasteiger partial charge is 0.358 e. The van der Waals surface area contributed by atoms with E-state index in [2.05, 4.69) is 20.9 Å². The van der Waals surface area contributed by atoms with Crippen LogP contribution in [0.5, 0.6) is 0 Å². The fourth-order valence-corrected chi connectivity index (χ4v) is 1.89. The van der Waals surface area contributed by atoms with E-state index >= 15 is 0 Å². The van der Waals surface area contributed by atoms with Crippen LogP contribution in [0.15, 0.2) is 23.0 Å². The summed E-state index contributed by atoms with van der Waals surface area (Å²) in [5.74, 6) is -1.13. The summed E-state index contributed by atoms with van der Waals surface area (Å²) < 4.78 is 1.36. The van der Waals surface area contributed by atoms with E-state index in [4.69, 9.17) is 5.11 Å². The lowest BCUT2D eigenvalue weighted by molar-refractivity contribution is 0.0690. The van der Waals surface area contributed by atoms with Crippen molar-refractivity contribution in [3.63, 3.8) is 0 Å². The Hall–Kier alpha value is -2.42. The van der Waals surface area contributed by atoms with Gasteiger partial charge in [-0.1, -0.05) is 5.21 Å². The highest BCUT2D eigenvalue weighted by Crippen LogP contribution is 2.10. The number of hydrogen-bond acceptors (Lipinski definition) is 5. The standard InChI is InChI=1S/C10H11N5O3S/c16-9(17)8-5-15(14-13-8)3-2-11-10(18)12-7-1-4-19-6-7/h1,4-6H,2-3H2,(H,16,17)(H2,11,12,18). The predicted molar refractivity (Wildman–Crippen MR) is 68.3 cm³/mol. The molecule has 2 aromatic rings. The number of carbonyl (C=O) groups excluding carboxylic acids is 1. The first-order chi connectivity index (χ1) is 9.15. The van der Waals surface area contributed by atoms with E-state index in [0.717, 1.165) is 5.69 Å². The number of aromatic carboxylic acids is 1. The summed E-state index contributed by atoms with van der Waals surface area (Å²) in [6.45, 7) is 0.662. The lowest BCUT2D eigenvalue weighted by Gasteiger charge is -2.05. The van der Waals surface area contributed by atoms with Gasteiger partial charge in [-0.15, -0.1) is 5.10 Å². The molecular weight excluding hydrogens is 270 g/mol. The van der Waals surface area contributed by atoms with Crippen LogP contribution in [0.1, 0.15) is 10.5 Å². The molecule has 9 heteroatoms.